The predicted octanol–water partition coefficient (Wildman–Crippen LogP) is 5.49. The lowest BCUT2D eigenvalue weighted by Gasteiger charge is -2.24. The van der Waals surface area contributed by atoms with Crippen molar-refractivity contribution < 1.29 is 4.79 Å². The molecule has 0 spiro atoms. The summed E-state index contributed by atoms with van der Waals surface area (Å²) >= 11 is 12.1. The quantitative estimate of drug-likeness (QED) is 0.530. The number of carbonyl (C=O) groups excluding carboxylic acids is 1. The van der Waals surface area contributed by atoms with Crippen LogP contribution in [0, 0.1) is 0 Å². The number of fused-ring (bicyclic) bond motifs is 1. The molecule has 0 amide bonds. The molecule has 0 aromatic heterocycles. The Morgan fingerprint density at radius 1 is 1.13 bits per heavy atom. The van der Waals surface area contributed by atoms with Crippen LogP contribution >= 0.6 is 23.2 Å². The second kappa shape index (κ2) is 5.70. The summed E-state index contributed by atoms with van der Waals surface area (Å²) in [5, 5.41) is 0.889. The van der Waals surface area contributed by atoms with Crippen LogP contribution in [0.15, 0.2) is 54.2 Å². The smallest absolute Gasteiger partial charge is 0.189 e. The Labute approximate surface area is 146 Å². The third-order valence-corrected chi connectivity index (χ3v) is 4.95. The molecule has 0 atom stereocenters. The van der Waals surface area contributed by atoms with E-state index in [1.807, 2.05) is 19.2 Å². The van der Waals surface area contributed by atoms with Crippen LogP contribution in [0.25, 0.3) is 0 Å². The van der Waals surface area contributed by atoms with Gasteiger partial charge in [-0.3, -0.25) is 4.79 Å². The molecule has 0 unspecified atom stereocenters. The van der Waals surface area contributed by atoms with Crippen LogP contribution in [0.1, 0.15) is 29.8 Å². The fourth-order valence-corrected chi connectivity index (χ4v) is 3.65. The van der Waals surface area contributed by atoms with E-state index in [0.29, 0.717) is 15.6 Å². The fraction of sp³-hybridized carbons (Fsp3) is 0.211. The van der Waals surface area contributed by atoms with E-state index in [9.17, 15) is 4.79 Å². The summed E-state index contributed by atoms with van der Waals surface area (Å²) in [6.45, 7) is 4.25. The second-order valence-corrected chi connectivity index (χ2v) is 7.06. The molecule has 1 aliphatic heterocycles. The number of carbonyl (C=O) groups is 1. The monoisotopic (exact) mass is 345 g/mol. The molecule has 3 rings (SSSR count). The first-order valence-electron chi connectivity index (χ1n) is 7.37. The van der Waals surface area contributed by atoms with Crippen molar-refractivity contribution in [3.05, 3.63) is 75.4 Å². The Balaban J connectivity index is 2.05. The summed E-state index contributed by atoms with van der Waals surface area (Å²) in [5.41, 5.74) is 3.51. The zero-order valence-corrected chi connectivity index (χ0v) is 14.7. The Morgan fingerprint density at radius 3 is 2.48 bits per heavy atom. The van der Waals surface area contributed by atoms with E-state index in [1.165, 1.54) is 5.56 Å². The van der Waals surface area contributed by atoms with Crippen molar-refractivity contribution in [2.45, 2.75) is 19.3 Å². The molecule has 0 saturated heterocycles. The lowest BCUT2D eigenvalue weighted by atomic mass is 9.83. The Morgan fingerprint density at radius 2 is 1.83 bits per heavy atom. The van der Waals surface area contributed by atoms with E-state index >= 15 is 0 Å². The molecule has 118 valence electrons. The molecule has 0 fully saturated rings. The maximum absolute atomic E-state index is 12.7. The van der Waals surface area contributed by atoms with Gasteiger partial charge in [0.1, 0.15) is 0 Å². The minimum absolute atomic E-state index is 0.116. The molecule has 0 saturated carbocycles. The van der Waals surface area contributed by atoms with E-state index in [4.69, 9.17) is 23.2 Å². The molecule has 1 heterocycles. The number of hydrogen-bond donors (Lipinski definition) is 0. The Kier molecular flexibility index (Phi) is 3.99. The summed E-state index contributed by atoms with van der Waals surface area (Å²) in [4.78, 5) is 14.8. The van der Waals surface area contributed by atoms with Crippen LogP contribution in [0.2, 0.25) is 10.0 Å². The second-order valence-electron chi connectivity index (χ2n) is 6.22. The normalized spacial score (nSPS) is 17.4. The van der Waals surface area contributed by atoms with Gasteiger partial charge in [-0.1, -0.05) is 55.2 Å². The van der Waals surface area contributed by atoms with Crippen molar-refractivity contribution >= 4 is 34.7 Å². The number of ketones is 1. The first kappa shape index (κ1) is 16.1. The summed E-state index contributed by atoms with van der Waals surface area (Å²) in [7, 11) is 1.98. The van der Waals surface area contributed by atoms with Crippen molar-refractivity contribution in [3.63, 3.8) is 0 Å². The topological polar surface area (TPSA) is 20.3 Å². The first-order valence-corrected chi connectivity index (χ1v) is 8.13. The van der Waals surface area contributed by atoms with Crippen molar-refractivity contribution in [1.82, 2.24) is 0 Å². The molecular formula is C19H17Cl2NO. The van der Waals surface area contributed by atoms with E-state index in [-0.39, 0.29) is 11.2 Å². The van der Waals surface area contributed by atoms with Crippen molar-refractivity contribution in [2.24, 2.45) is 0 Å². The molecular weight excluding hydrogens is 329 g/mol. The number of rotatable bonds is 2. The minimum atomic E-state index is -0.236. The van der Waals surface area contributed by atoms with Crippen LogP contribution in [0.5, 0.6) is 0 Å². The number of para-hydroxylation sites is 1. The largest absolute Gasteiger partial charge is 0.347 e. The maximum Gasteiger partial charge on any atom is 0.189 e. The molecule has 2 aromatic carbocycles. The lowest BCUT2D eigenvalue weighted by Crippen LogP contribution is -2.24. The highest BCUT2D eigenvalue weighted by Gasteiger charge is 2.38. The van der Waals surface area contributed by atoms with E-state index < -0.39 is 0 Å². The predicted molar refractivity (Wildman–Crippen MR) is 96.7 cm³/mol. The van der Waals surface area contributed by atoms with E-state index in [1.54, 1.807) is 24.3 Å². The number of hydrogen-bond acceptors (Lipinski definition) is 2. The minimum Gasteiger partial charge on any atom is -0.347 e. The average Bonchev–Trinajstić information content (AvgIpc) is 2.69. The standard InChI is InChI=1S/C19H17Cl2NO/c1-19(2)14-6-4-5-7-16(14)22(3)18(19)11-17(23)13-9-8-12(20)10-15(13)21/h4-11H,1-3H3/b18-11-. The van der Waals surface area contributed by atoms with E-state index in [2.05, 4.69) is 30.9 Å². The number of anilines is 1. The van der Waals surface area contributed by atoms with Gasteiger partial charge in [0.2, 0.25) is 0 Å². The molecule has 1 aliphatic rings. The third-order valence-electron chi connectivity index (χ3n) is 4.40. The highest BCUT2D eigenvalue weighted by atomic mass is 35.5. The van der Waals surface area contributed by atoms with Gasteiger partial charge in [0.25, 0.3) is 0 Å². The van der Waals surface area contributed by atoms with Crippen LogP contribution in [0.4, 0.5) is 5.69 Å². The van der Waals surface area contributed by atoms with Gasteiger partial charge in [0.15, 0.2) is 5.78 Å². The maximum atomic E-state index is 12.7. The van der Waals surface area contributed by atoms with Crippen LogP contribution in [-0.2, 0) is 5.41 Å². The van der Waals surface area contributed by atoms with Crippen LogP contribution in [0.3, 0.4) is 0 Å². The Hall–Kier alpha value is -1.77. The lowest BCUT2D eigenvalue weighted by molar-refractivity contribution is 0.104. The molecule has 2 aromatic rings. The zero-order valence-electron chi connectivity index (χ0n) is 13.2. The van der Waals surface area contributed by atoms with Gasteiger partial charge >= 0.3 is 0 Å². The number of benzene rings is 2. The van der Waals surface area contributed by atoms with Crippen LogP contribution in [-0.4, -0.2) is 12.8 Å². The van der Waals surface area contributed by atoms with Crippen molar-refractivity contribution in [3.8, 4) is 0 Å². The molecule has 0 aliphatic carbocycles. The van der Waals surface area contributed by atoms with Gasteiger partial charge in [-0.15, -0.1) is 0 Å². The zero-order chi connectivity index (χ0) is 16.8. The van der Waals surface area contributed by atoms with Crippen molar-refractivity contribution in [2.75, 3.05) is 11.9 Å². The molecule has 0 N–H and O–H groups in total. The highest BCUT2D eigenvalue weighted by molar-refractivity contribution is 6.37. The highest BCUT2D eigenvalue weighted by Crippen LogP contribution is 2.46. The number of likely N-dealkylation sites (N-methyl/N-ethyl adjacent to an activating group) is 1. The SMILES string of the molecule is CN1/C(=C\C(=O)c2ccc(Cl)cc2Cl)C(C)(C)c2ccccc21. The molecule has 4 heteroatoms. The first-order chi connectivity index (χ1) is 10.8. The van der Waals surface area contributed by atoms with Crippen LogP contribution < -0.4 is 4.90 Å². The van der Waals surface area contributed by atoms with Gasteiger partial charge in [-0.2, -0.15) is 0 Å². The molecule has 23 heavy (non-hydrogen) atoms. The summed E-state index contributed by atoms with van der Waals surface area (Å²) in [5.74, 6) is -0.116. The number of halogens is 2. The molecule has 2 nitrogen and oxygen atoms in total. The van der Waals surface area contributed by atoms with Gasteiger partial charge in [-0.05, 0) is 29.8 Å². The Bertz CT molecular complexity index is 824. The number of nitrogens with zero attached hydrogens (tertiary/aromatic N) is 1. The number of allylic oxidation sites excluding steroid dienone is 2. The van der Waals surface area contributed by atoms with Gasteiger partial charge < -0.3 is 4.90 Å². The van der Waals surface area contributed by atoms with Gasteiger partial charge in [-0.25, -0.2) is 0 Å². The van der Waals surface area contributed by atoms with Crippen molar-refractivity contribution in [1.29, 1.82) is 0 Å². The van der Waals surface area contributed by atoms with E-state index in [0.717, 1.165) is 11.4 Å². The summed E-state index contributed by atoms with van der Waals surface area (Å²) in [6.07, 6.45) is 1.68. The molecule has 0 radical (unpaired) electrons. The van der Waals surface area contributed by atoms with Gasteiger partial charge in [0, 0.05) is 40.5 Å². The summed E-state index contributed by atoms with van der Waals surface area (Å²) in [6, 6.07) is 13.1. The molecule has 0 bridgehead atoms. The average molecular weight is 346 g/mol. The van der Waals surface area contributed by atoms with Gasteiger partial charge in [0.05, 0.1) is 5.02 Å². The fourth-order valence-electron chi connectivity index (χ4n) is 3.15. The third kappa shape index (κ3) is 2.66. The summed E-state index contributed by atoms with van der Waals surface area (Å²) < 4.78 is 0.